The Labute approximate surface area is 109 Å². The molecule has 1 aromatic carbocycles. The van der Waals surface area contributed by atoms with Crippen molar-refractivity contribution in [1.82, 2.24) is 0 Å². The minimum Gasteiger partial charge on any atom is -0.378 e. The summed E-state index contributed by atoms with van der Waals surface area (Å²) in [5.41, 5.74) is -0.257. The molecule has 1 heterocycles. The quantitative estimate of drug-likeness (QED) is 0.753. The van der Waals surface area contributed by atoms with E-state index < -0.39 is 22.8 Å². The van der Waals surface area contributed by atoms with E-state index in [2.05, 4.69) is 0 Å². The largest absolute Gasteiger partial charge is 0.378 e. The molecule has 5 heteroatoms. The molecular formula is C13H14ClF3O. The predicted octanol–water partition coefficient (Wildman–Crippen LogP) is 4.20. The lowest BCUT2D eigenvalue weighted by atomic mass is 9.91. The zero-order valence-electron chi connectivity index (χ0n) is 9.93. The first kappa shape index (κ1) is 13.7. The lowest BCUT2D eigenvalue weighted by molar-refractivity contribution is 0.0860. The normalized spacial score (nSPS) is 25.4. The SMILES string of the molecule is CCC1OCCC1C(Cl)c1c(F)cc(F)cc1F. The van der Waals surface area contributed by atoms with Crippen LogP contribution in [0.15, 0.2) is 12.1 Å². The molecule has 0 aromatic heterocycles. The van der Waals surface area contributed by atoms with Crippen LogP contribution in [0.1, 0.15) is 30.7 Å². The zero-order valence-corrected chi connectivity index (χ0v) is 10.7. The van der Waals surface area contributed by atoms with Gasteiger partial charge in [-0.15, -0.1) is 11.6 Å². The summed E-state index contributed by atoms with van der Waals surface area (Å²) in [7, 11) is 0. The van der Waals surface area contributed by atoms with Gasteiger partial charge in [-0.2, -0.15) is 0 Å². The fraction of sp³-hybridized carbons (Fsp3) is 0.538. The smallest absolute Gasteiger partial charge is 0.133 e. The number of rotatable bonds is 3. The summed E-state index contributed by atoms with van der Waals surface area (Å²) in [5.74, 6) is -2.96. The highest BCUT2D eigenvalue weighted by atomic mass is 35.5. The topological polar surface area (TPSA) is 9.23 Å². The molecule has 0 bridgehead atoms. The Morgan fingerprint density at radius 2 is 1.94 bits per heavy atom. The van der Waals surface area contributed by atoms with Crippen molar-refractivity contribution < 1.29 is 17.9 Å². The van der Waals surface area contributed by atoms with E-state index in [-0.39, 0.29) is 17.6 Å². The molecule has 2 rings (SSSR count). The first-order valence-electron chi connectivity index (χ1n) is 5.94. The lowest BCUT2D eigenvalue weighted by Crippen LogP contribution is -2.20. The molecule has 100 valence electrons. The number of hydrogen-bond acceptors (Lipinski definition) is 1. The van der Waals surface area contributed by atoms with Crippen molar-refractivity contribution in [1.29, 1.82) is 0 Å². The summed E-state index contributed by atoms with van der Waals surface area (Å²) in [5, 5.41) is -0.835. The molecule has 1 aliphatic heterocycles. The van der Waals surface area contributed by atoms with Crippen molar-refractivity contribution in [3.8, 4) is 0 Å². The van der Waals surface area contributed by atoms with Crippen LogP contribution < -0.4 is 0 Å². The molecular weight excluding hydrogens is 265 g/mol. The van der Waals surface area contributed by atoms with Crippen molar-refractivity contribution >= 4 is 11.6 Å². The standard InChI is InChI=1S/C13H14ClF3O/c1-2-11-8(3-4-18-11)13(14)12-9(16)5-7(15)6-10(12)17/h5-6,8,11,13H,2-4H2,1H3. The highest BCUT2D eigenvalue weighted by Crippen LogP contribution is 2.41. The van der Waals surface area contributed by atoms with Crippen molar-refractivity contribution in [2.75, 3.05) is 6.61 Å². The third kappa shape index (κ3) is 2.50. The van der Waals surface area contributed by atoms with Gasteiger partial charge in [-0.3, -0.25) is 0 Å². The van der Waals surface area contributed by atoms with E-state index in [1.54, 1.807) is 0 Å². The third-order valence-electron chi connectivity index (χ3n) is 3.36. The van der Waals surface area contributed by atoms with Gasteiger partial charge in [-0.1, -0.05) is 6.92 Å². The molecule has 0 radical (unpaired) electrons. The first-order valence-corrected chi connectivity index (χ1v) is 6.38. The van der Waals surface area contributed by atoms with Gasteiger partial charge in [-0.05, 0) is 12.8 Å². The molecule has 0 N–H and O–H groups in total. The summed E-state index contributed by atoms with van der Waals surface area (Å²) in [4.78, 5) is 0. The van der Waals surface area contributed by atoms with E-state index in [9.17, 15) is 13.2 Å². The molecule has 0 amide bonds. The monoisotopic (exact) mass is 278 g/mol. The minimum absolute atomic E-state index is 0.101. The maximum atomic E-state index is 13.6. The molecule has 1 aromatic rings. The number of benzene rings is 1. The summed E-state index contributed by atoms with van der Waals surface area (Å²) < 4.78 is 45.6. The maximum Gasteiger partial charge on any atom is 0.133 e. The number of hydrogen-bond donors (Lipinski definition) is 0. The van der Waals surface area contributed by atoms with E-state index in [4.69, 9.17) is 16.3 Å². The van der Waals surface area contributed by atoms with Crippen LogP contribution in [-0.4, -0.2) is 12.7 Å². The number of alkyl halides is 1. The molecule has 3 atom stereocenters. The molecule has 1 saturated heterocycles. The van der Waals surface area contributed by atoms with Crippen molar-refractivity contribution in [3.05, 3.63) is 35.1 Å². The van der Waals surface area contributed by atoms with Crippen LogP contribution in [0.3, 0.4) is 0 Å². The second kappa shape index (κ2) is 5.49. The van der Waals surface area contributed by atoms with E-state index >= 15 is 0 Å². The van der Waals surface area contributed by atoms with E-state index in [1.165, 1.54) is 0 Å². The van der Waals surface area contributed by atoms with Crippen molar-refractivity contribution in [2.45, 2.75) is 31.2 Å². The van der Waals surface area contributed by atoms with Crippen molar-refractivity contribution in [3.63, 3.8) is 0 Å². The highest BCUT2D eigenvalue weighted by molar-refractivity contribution is 6.21. The molecule has 0 aliphatic carbocycles. The molecule has 0 saturated carbocycles. The fourth-order valence-corrected chi connectivity index (χ4v) is 2.95. The van der Waals surface area contributed by atoms with Crippen LogP contribution in [0.25, 0.3) is 0 Å². The van der Waals surface area contributed by atoms with Gasteiger partial charge in [0.05, 0.1) is 11.5 Å². The summed E-state index contributed by atoms with van der Waals surface area (Å²) >= 11 is 6.17. The second-order valence-corrected chi connectivity index (χ2v) is 4.93. The minimum atomic E-state index is -0.938. The van der Waals surface area contributed by atoms with Gasteiger partial charge in [-0.25, -0.2) is 13.2 Å². The van der Waals surface area contributed by atoms with Gasteiger partial charge in [0.1, 0.15) is 17.5 Å². The van der Waals surface area contributed by atoms with Crippen LogP contribution in [0, 0.1) is 23.4 Å². The average Bonchev–Trinajstić information content (AvgIpc) is 2.75. The number of halogens is 4. The van der Waals surface area contributed by atoms with Crippen LogP contribution in [-0.2, 0) is 4.74 Å². The van der Waals surface area contributed by atoms with Crippen molar-refractivity contribution in [2.24, 2.45) is 5.92 Å². The Hall–Kier alpha value is -0.740. The van der Waals surface area contributed by atoms with Gasteiger partial charge in [0, 0.05) is 30.2 Å². The Bertz CT molecular complexity index is 415. The Morgan fingerprint density at radius 1 is 1.33 bits per heavy atom. The van der Waals surface area contributed by atoms with Gasteiger partial charge in [0.15, 0.2) is 0 Å². The third-order valence-corrected chi connectivity index (χ3v) is 3.90. The Balaban J connectivity index is 2.31. The van der Waals surface area contributed by atoms with Crippen LogP contribution >= 0.6 is 11.6 Å². The van der Waals surface area contributed by atoms with Crippen LogP contribution in [0.4, 0.5) is 13.2 Å². The van der Waals surface area contributed by atoms with E-state index in [1.807, 2.05) is 6.92 Å². The lowest BCUT2D eigenvalue weighted by Gasteiger charge is -2.23. The first-order chi connectivity index (χ1) is 8.54. The average molecular weight is 279 g/mol. The van der Waals surface area contributed by atoms with Crippen LogP contribution in [0.5, 0.6) is 0 Å². The predicted molar refractivity (Wildman–Crippen MR) is 63.0 cm³/mol. The van der Waals surface area contributed by atoms with Gasteiger partial charge in [0.2, 0.25) is 0 Å². The summed E-state index contributed by atoms with van der Waals surface area (Å²) in [6, 6.07) is 1.31. The zero-order chi connectivity index (χ0) is 13.3. The van der Waals surface area contributed by atoms with E-state index in [0.29, 0.717) is 25.2 Å². The van der Waals surface area contributed by atoms with Gasteiger partial charge < -0.3 is 4.74 Å². The van der Waals surface area contributed by atoms with E-state index in [0.717, 1.165) is 6.42 Å². The van der Waals surface area contributed by atoms with Gasteiger partial charge in [0.25, 0.3) is 0 Å². The maximum absolute atomic E-state index is 13.6. The van der Waals surface area contributed by atoms with Gasteiger partial charge >= 0.3 is 0 Å². The molecule has 1 aliphatic rings. The second-order valence-electron chi connectivity index (χ2n) is 4.45. The summed E-state index contributed by atoms with van der Waals surface area (Å²) in [6.07, 6.45) is 1.29. The Kier molecular flexibility index (Phi) is 4.17. The molecule has 1 fully saturated rings. The summed E-state index contributed by atoms with van der Waals surface area (Å²) in [6.45, 7) is 2.47. The molecule has 0 spiro atoms. The van der Waals surface area contributed by atoms with Crippen LogP contribution in [0.2, 0.25) is 0 Å². The molecule has 3 unspecified atom stereocenters. The molecule has 18 heavy (non-hydrogen) atoms. The Morgan fingerprint density at radius 3 is 2.50 bits per heavy atom. The highest BCUT2D eigenvalue weighted by Gasteiger charge is 2.36. The molecule has 1 nitrogen and oxygen atoms in total. The fourth-order valence-electron chi connectivity index (χ4n) is 2.45. The number of ether oxygens (including phenoxy) is 1.